The largest absolute Gasteiger partial charge is 0.508 e. The second-order valence-electron chi connectivity index (χ2n) is 8.25. The summed E-state index contributed by atoms with van der Waals surface area (Å²) in [5.41, 5.74) is -0.533. The first-order valence-corrected chi connectivity index (χ1v) is 9.86. The van der Waals surface area contributed by atoms with Gasteiger partial charge in [-0.15, -0.1) is 0 Å². The lowest BCUT2D eigenvalue weighted by atomic mass is 10.0. The number of aliphatic hydroxyl groups is 1. The highest BCUT2D eigenvalue weighted by Crippen LogP contribution is 2.29. The summed E-state index contributed by atoms with van der Waals surface area (Å²) in [6.07, 6.45) is -0.780. The highest BCUT2D eigenvalue weighted by atomic mass is 16.6. The molecule has 30 heavy (non-hydrogen) atoms. The van der Waals surface area contributed by atoms with E-state index in [4.69, 9.17) is 4.74 Å². The van der Waals surface area contributed by atoms with Crippen LogP contribution in [0.4, 0.5) is 4.79 Å². The van der Waals surface area contributed by atoms with Gasteiger partial charge in [0.25, 0.3) is 0 Å². The van der Waals surface area contributed by atoms with Crippen LogP contribution in [0.2, 0.25) is 0 Å². The Hall–Kier alpha value is -2.81. The monoisotopic (exact) mass is 423 g/mol. The number of amides is 3. The molecule has 0 aliphatic heterocycles. The predicted octanol–water partition coefficient (Wildman–Crippen LogP) is 1.69. The van der Waals surface area contributed by atoms with Crippen LogP contribution in [0.1, 0.15) is 53.1 Å². The highest BCUT2D eigenvalue weighted by Gasteiger charge is 2.35. The van der Waals surface area contributed by atoms with E-state index in [1.807, 2.05) is 0 Å². The van der Waals surface area contributed by atoms with Gasteiger partial charge in [0.1, 0.15) is 23.4 Å². The van der Waals surface area contributed by atoms with Gasteiger partial charge in [0.2, 0.25) is 11.8 Å². The average Bonchev–Trinajstić information content (AvgIpc) is 2.59. The number of nitrogens with one attached hydrogen (secondary N) is 2. The number of benzene rings is 1. The maximum atomic E-state index is 13.1. The van der Waals surface area contributed by atoms with E-state index in [1.165, 1.54) is 19.1 Å². The maximum absolute atomic E-state index is 13.1. The third-order valence-corrected chi connectivity index (χ3v) is 3.95. The van der Waals surface area contributed by atoms with Crippen molar-refractivity contribution in [3.8, 4) is 5.75 Å². The van der Waals surface area contributed by atoms with Gasteiger partial charge in [0.15, 0.2) is 0 Å². The Morgan fingerprint density at radius 2 is 1.70 bits per heavy atom. The number of carbonyl (C=O) groups is 3. The molecule has 0 fully saturated rings. The zero-order valence-corrected chi connectivity index (χ0v) is 18.4. The Bertz CT molecular complexity index is 745. The van der Waals surface area contributed by atoms with Crippen LogP contribution in [0.25, 0.3) is 0 Å². The molecule has 0 spiro atoms. The minimum Gasteiger partial charge on any atom is -0.508 e. The van der Waals surface area contributed by atoms with Crippen LogP contribution < -0.4 is 10.6 Å². The molecule has 9 nitrogen and oxygen atoms in total. The van der Waals surface area contributed by atoms with Gasteiger partial charge in [-0.1, -0.05) is 18.2 Å². The van der Waals surface area contributed by atoms with Crippen molar-refractivity contribution in [3.05, 3.63) is 29.8 Å². The summed E-state index contributed by atoms with van der Waals surface area (Å²) < 4.78 is 5.17. The van der Waals surface area contributed by atoms with Crippen LogP contribution in [0.15, 0.2) is 24.3 Å². The molecule has 0 heterocycles. The van der Waals surface area contributed by atoms with Crippen molar-refractivity contribution >= 4 is 17.9 Å². The van der Waals surface area contributed by atoms with E-state index in [-0.39, 0.29) is 23.9 Å². The number of phenolic OH excluding ortho intramolecular Hbond substituents is 1. The quantitative estimate of drug-likeness (QED) is 0.504. The SMILES string of the molecule is CC(C)NC(=O)C(c1ccccc1O)N(CCO)C(=O)C(C)NC(=O)OC(C)(C)C. The molecule has 2 atom stereocenters. The molecule has 1 aromatic rings. The summed E-state index contributed by atoms with van der Waals surface area (Å²) in [4.78, 5) is 39.3. The molecule has 0 aliphatic rings. The number of hydrogen-bond acceptors (Lipinski definition) is 6. The fourth-order valence-electron chi connectivity index (χ4n) is 2.80. The van der Waals surface area contributed by atoms with Crippen molar-refractivity contribution in [1.82, 2.24) is 15.5 Å². The molecule has 0 aliphatic carbocycles. The predicted molar refractivity (Wildman–Crippen MR) is 112 cm³/mol. The van der Waals surface area contributed by atoms with Gasteiger partial charge in [-0.05, 0) is 47.6 Å². The summed E-state index contributed by atoms with van der Waals surface area (Å²) in [5.74, 6) is -1.29. The molecule has 1 rings (SSSR count). The molecule has 1 aromatic carbocycles. The van der Waals surface area contributed by atoms with Crippen molar-refractivity contribution < 1.29 is 29.3 Å². The number of alkyl carbamates (subject to hydrolysis) is 1. The van der Waals surface area contributed by atoms with Crippen molar-refractivity contribution in [2.24, 2.45) is 0 Å². The molecule has 0 bridgehead atoms. The Balaban J connectivity index is 3.24. The van der Waals surface area contributed by atoms with E-state index in [0.29, 0.717) is 0 Å². The average molecular weight is 424 g/mol. The lowest BCUT2D eigenvalue weighted by Gasteiger charge is -2.33. The van der Waals surface area contributed by atoms with Crippen LogP contribution in [0.3, 0.4) is 0 Å². The topological polar surface area (TPSA) is 128 Å². The molecule has 2 unspecified atom stereocenters. The minimum atomic E-state index is -1.20. The smallest absolute Gasteiger partial charge is 0.408 e. The normalized spacial score (nSPS) is 13.3. The van der Waals surface area contributed by atoms with Gasteiger partial charge in [0.05, 0.1) is 6.61 Å². The van der Waals surface area contributed by atoms with Crippen molar-refractivity contribution in [3.63, 3.8) is 0 Å². The summed E-state index contributed by atoms with van der Waals surface area (Å²) in [7, 11) is 0. The van der Waals surface area contributed by atoms with E-state index in [0.717, 1.165) is 4.90 Å². The Labute approximate surface area is 177 Å². The third kappa shape index (κ3) is 7.55. The van der Waals surface area contributed by atoms with Crippen molar-refractivity contribution in [1.29, 1.82) is 0 Å². The number of phenols is 1. The molecule has 0 radical (unpaired) electrons. The molecular weight excluding hydrogens is 390 g/mol. The number of rotatable bonds is 8. The summed E-state index contributed by atoms with van der Waals surface area (Å²) in [5, 5.41) is 25.0. The maximum Gasteiger partial charge on any atom is 0.408 e. The van der Waals surface area contributed by atoms with Gasteiger partial charge < -0.3 is 30.5 Å². The standard InChI is InChI=1S/C21H33N3O6/c1-13(2)22-18(27)17(15-9-7-8-10-16(15)26)24(11-12-25)19(28)14(3)23-20(29)30-21(4,5)6/h7-10,13-14,17,25-26H,11-12H2,1-6H3,(H,22,27)(H,23,29). The summed E-state index contributed by atoms with van der Waals surface area (Å²) in [6.45, 7) is 9.49. The molecule has 4 N–H and O–H groups in total. The minimum absolute atomic E-state index is 0.162. The molecule has 168 valence electrons. The number of hydrogen-bond donors (Lipinski definition) is 4. The van der Waals surface area contributed by atoms with Crippen LogP contribution in [-0.2, 0) is 14.3 Å². The molecule has 0 saturated heterocycles. The Morgan fingerprint density at radius 3 is 2.20 bits per heavy atom. The van der Waals surface area contributed by atoms with E-state index < -0.39 is 42.2 Å². The molecule has 3 amide bonds. The number of carbonyl (C=O) groups excluding carboxylic acids is 3. The van der Waals surface area contributed by atoms with E-state index in [9.17, 15) is 24.6 Å². The van der Waals surface area contributed by atoms with E-state index in [1.54, 1.807) is 46.8 Å². The highest BCUT2D eigenvalue weighted by molar-refractivity contribution is 5.92. The fourth-order valence-corrected chi connectivity index (χ4v) is 2.80. The first kappa shape index (κ1) is 25.2. The van der Waals surface area contributed by atoms with Crippen molar-refractivity contribution in [2.75, 3.05) is 13.2 Å². The van der Waals surface area contributed by atoms with E-state index >= 15 is 0 Å². The Kier molecular flexibility index (Phi) is 9.10. The number of para-hydroxylation sites is 1. The second kappa shape index (κ2) is 10.8. The molecular formula is C21H33N3O6. The fraction of sp³-hybridized carbons (Fsp3) is 0.571. The first-order valence-electron chi connectivity index (χ1n) is 9.86. The zero-order valence-electron chi connectivity index (χ0n) is 18.4. The lowest BCUT2D eigenvalue weighted by Crippen LogP contribution is -2.53. The summed E-state index contributed by atoms with van der Waals surface area (Å²) in [6, 6.07) is 3.73. The van der Waals surface area contributed by atoms with Crippen LogP contribution in [0, 0.1) is 0 Å². The summed E-state index contributed by atoms with van der Waals surface area (Å²) >= 11 is 0. The third-order valence-electron chi connectivity index (χ3n) is 3.95. The lowest BCUT2D eigenvalue weighted by molar-refractivity contribution is -0.143. The number of aromatic hydroxyl groups is 1. The van der Waals surface area contributed by atoms with E-state index in [2.05, 4.69) is 10.6 Å². The Morgan fingerprint density at radius 1 is 1.10 bits per heavy atom. The van der Waals surface area contributed by atoms with Crippen LogP contribution in [-0.4, -0.2) is 63.9 Å². The second-order valence-corrected chi connectivity index (χ2v) is 8.25. The molecule has 0 aromatic heterocycles. The van der Waals surface area contributed by atoms with Gasteiger partial charge in [-0.25, -0.2) is 4.79 Å². The van der Waals surface area contributed by atoms with Crippen LogP contribution in [0.5, 0.6) is 5.75 Å². The number of nitrogens with zero attached hydrogens (tertiary/aromatic N) is 1. The van der Waals surface area contributed by atoms with Crippen molar-refractivity contribution in [2.45, 2.75) is 65.3 Å². The van der Waals surface area contributed by atoms with Gasteiger partial charge in [-0.3, -0.25) is 9.59 Å². The first-order chi connectivity index (χ1) is 13.9. The van der Waals surface area contributed by atoms with Gasteiger partial charge in [0, 0.05) is 18.2 Å². The van der Waals surface area contributed by atoms with Gasteiger partial charge >= 0.3 is 6.09 Å². The zero-order chi connectivity index (χ0) is 23.1. The van der Waals surface area contributed by atoms with Gasteiger partial charge in [-0.2, -0.15) is 0 Å². The number of aliphatic hydroxyl groups excluding tert-OH is 1. The van der Waals surface area contributed by atoms with Crippen LogP contribution >= 0.6 is 0 Å². The molecule has 9 heteroatoms. The molecule has 0 saturated carbocycles. The number of ether oxygens (including phenoxy) is 1.